The van der Waals surface area contributed by atoms with Crippen molar-refractivity contribution < 1.29 is 71.0 Å². The van der Waals surface area contributed by atoms with Crippen LogP contribution in [0.15, 0.2) is 0 Å². The van der Waals surface area contributed by atoms with Gasteiger partial charge in [0.1, 0.15) is 11.9 Å². The Kier molecular flexibility index (Phi) is 5.43. The summed E-state index contributed by atoms with van der Waals surface area (Å²) in [6.45, 7) is 8.47. The molecule has 1 heterocycles. The van der Waals surface area contributed by atoms with Crippen LogP contribution in [-0.4, -0.2) is 90.1 Å². The Morgan fingerprint density at radius 2 is 0.462 bits per heavy atom. The van der Waals surface area contributed by atoms with Gasteiger partial charge in [0.25, 0.3) is 0 Å². The number of ether oxygens (including phenoxy) is 3. The van der Waals surface area contributed by atoms with Gasteiger partial charge in [-0.3, -0.25) is 0 Å². The van der Waals surface area contributed by atoms with Gasteiger partial charge in [0.15, 0.2) is 0 Å². The number of carboxylic acid groups (broad SMARTS) is 2. The van der Waals surface area contributed by atoms with Crippen LogP contribution < -0.4 is 20.8 Å². The summed E-state index contributed by atoms with van der Waals surface area (Å²) in [6.07, 6.45) is -8.32. The summed E-state index contributed by atoms with van der Waals surface area (Å²) in [7, 11) is 0. The Morgan fingerprint density at radius 1 is 0.308 bits per heavy atom. The Balaban J connectivity index is 0.000000304. The van der Waals surface area contributed by atoms with Crippen molar-refractivity contribution in [2.45, 2.75) is 36.0 Å². The summed E-state index contributed by atoms with van der Waals surface area (Å²) in [5.74, 6) is -6.01. The van der Waals surface area contributed by atoms with Crippen molar-refractivity contribution in [1.29, 1.82) is 0 Å². The van der Waals surface area contributed by atoms with E-state index in [-0.39, 0.29) is 10.8 Å². The number of quaternary nitrogens is 2. The lowest BCUT2D eigenvalue weighted by Crippen LogP contribution is -3.11. The number of alkyl halides is 6. The Hall–Kier alpha value is -9.22. The molecule has 4 N–H and O–H groups in total. The number of benzene rings is 18. The summed E-state index contributed by atoms with van der Waals surface area (Å²) in [4.78, 5) is 19.4. The predicted octanol–water partition coefficient (Wildman–Crippen LogP) is 12.9. The first-order chi connectivity index (χ1) is 44.3. The van der Waals surface area contributed by atoms with Gasteiger partial charge in [0.05, 0.1) is 76.7 Å². The van der Waals surface area contributed by atoms with E-state index in [0.717, 1.165) is 39.1 Å². The molecular weight excluding hydrogens is 1170 g/mol. The molecule has 5 aliphatic rings. The van der Waals surface area contributed by atoms with Gasteiger partial charge in [-0.25, -0.2) is 0 Å². The fraction of sp³-hybridized carbons (Fsp3) is 0.211. The molecule has 1 aliphatic heterocycles. The van der Waals surface area contributed by atoms with E-state index in [0.29, 0.717) is 26.4 Å². The van der Waals surface area contributed by atoms with E-state index in [1.807, 2.05) is 22.3 Å². The van der Waals surface area contributed by atoms with Crippen LogP contribution in [0.25, 0.3) is 291 Å². The van der Waals surface area contributed by atoms with Crippen LogP contribution in [-0.2, 0) is 34.6 Å². The second-order valence-electron chi connectivity index (χ2n) is 29.4. The minimum absolute atomic E-state index is 0.155. The molecule has 2 spiro atoms. The van der Waals surface area contributed by atoms with Crippen LogP contribution >= 0.6 is 0 Å². The Morgan fingerprint density at radius 3 is 0.626 bits per heavy atom. The highest BCUT2D eigenvalue weighted by Crippen LogP contribution is 2.84. The molecule has 1 fully saturated rings. The summed E-state index contributed by atoms with van der Waals surface area (Å²) in [5, 5.41) is 109. The molecule has 426 valence electrons. The third kappa shape index (κ3) is 3.14. The second-order valence-corrected chi connectivity index (χ2v) is 29.4. The molecule has 0 unspecified atom stereocenters. The highest BCUT2D eigenvalue weighted by Gasteiger charge is 2.75. The van der Waals surface area contributed by atoms with Gasteiger partial charge in [0, 0.05) is 12.8 Å². The molecule has 1 saturated heterocycles. The topological polar surface area (TPSA) is 140 Å². The minimum Gasteiger partial charge on any atom is -0.542 e. The van der Waals surface area contributed by atoms with E-state index in [2.05, 4.69) is 5.73 Å². The second kappa shape index (κ2) is 11.4. The molecule has 4 aliphatic carbocycles. The van der Waals surface area contributed by atoms with Gasteiger partial charge in [-0.2, -0.15) is 26.3 Å². The lowest BCUT2D eigenvalue weighted by molar-refractivity contribution is -0.890. The number of carbonyl (C=O) groups is 2. The minimum atomic E-state index is -5.19. The van der Waals surface area contributed by atoms with Crippen LogP contribution in [0, 0.1) is 0 Å². The number of aliphatic carboxylic acids is 2. The zero-order valence-electron chi connectivity index (χ0n) is 46.8. The normalized spacial score (nSPS) is 20.9. The average Bonchev–Trinajstić information content (AvgIpc) is 1.38. The van der Waals surface area contributed by atoms with Crippen LogP contribution in [0.2, 0.25) is 0 Å². The van der Waals surface area contributed by atoms with Crippen molar-refractivity contribution in [3.63, 3.8) is 0 Å². The molecular formula is C76H28F6N2O7. The van der Waals surface area contributed by atoms with Gasteiger partial charge in [-0.15, -0.1) is 0 Å². The smallest absolute Gasteiger partial charge is 0.430 e. The standard InChI is InChI=1S/C72H26N2O3.2C2HF3O2/c73-3-1-5-75-7-9-77-10-8-76-6-2-4-74-11-71-67-59-51-41-31-23-15-13-14-17-21-19(15)27-35-29(21)39-33-25(17)26-18(14)22-20-16(13)24(23)32-38-28(20)36-30(22)40-34(26)44-43(33)53-47(39)57-49(35)55(45(51)37(27)31)63(67)65(57)69-61(53)62-54(44)48(40)58-50(36)56-46(38)52(42(32)41)60(59)68(71)64(56)66(58)70(62)72(69,71)12-74;2*3-2(4,5)1(6)7/h1-12,73H2;2*(H,6,7). The molecule has 0 aromatic heterocycles. The summed E-state index contributed by atoms with van der Waals surface area (Å²) < 4.78 is 81.3. The number of nitrogens with one attached hydrogen (secondary N) is 1. The Labute approximate surface area is 495 Å². The van der Waals surface area contributed by atoms with Gasteiger partial charge in [-0.05, 0) is 313 Å². The fourth-order valence-corrected chi connectivity index (χ4v) is 26.4. The summed E-state index contributed by atoms with van der Waals surface area (Å²) in [6, 6.07) is 0. The highest BCUT2D eigenvalue weighted by molar-refractivity contribution is 6.82. The summed E-state index contributed by atoms with van der Waals surface area (Å²) >= 11 is 0. The van der Waals surface area contributed by atoms with Crippen molar-refractivity contribution in [2.24, 2.45) is 0 Å². The SMILES string of the molecule is O=C([O-])C(F)(F)F.O=C([O-])C(F)(F)F.[NH3+]CCCOCCOCCOCCC[NH+]1CC23c4c5c6c7c8c9c(c%10c%11c2c2c4c4c%12c5c5c6c6c8c8c%13c9c9c%10c%10c%11c%11c2c2c4c4c%12c%12c5c5c6c8c6c8c%13c9c9c%10c%10c%11c2c2c4c4c%12c5c6c5c8c9c%10c2c45)C73C1. The van der Waals surface area contributed by atoms with Crippen LogP contribution in [0.3, 0.4) is 0 Å². The maximum atomic E-state index is 10.5. The Bertz CT molecular complexity index is 7160. The first kappa shape index (κ1) is 43.5. The van der Waals surface area contributed by atoms with Gasteiger partial charge >= 0.3 is 12.4 Å². The number of rotatable bonds is 13. The zero-order valence-corrected chi connectivity index (χ0v) is 46.8. The van der Waals surface area contributed by atoms with Crippen molar-refractivity contribution in [3.8, 4) is 0 Å². The predicted molar refractivity (Wildman–Crippen MR) is 341 cm³/mol. The highest BCUT2D eigenvalue weighted by atomic mass is 19.4. The van der Waals surface area contributed by atoms with E-state index in [4.69, 9.17) is 34.0 Å². The van der Waals surface area contributed by atoms with Crippen molar-refractivity contribution in [3.05, 3.63) is 22.3 Å². The quantitative estimate of drug-likeness (QED) is 0.0665. The molecule has 0 atom stereocenters. The first-order valence-corrected chi connectivity index (χ1v) is 32.0. The maximum Gasteiger partial charge on any atom is 0.430 e. The van der Waals surface area contributed by atoms with Crippen molar-refractivity contribution in [2.75, 3.05) is 65.8 Å². The van der Waals surface area contributed by atoms with Crippen LogP contribution in [0.4, 0.5) is 26.3 Å². The molecule has 15 heteroatoms. The van der Waals surface area contributed by atoms with E-state index in [9.17, 15) is 26.3 Å². The number of hydrogen-bond acceptors (Lipinski definition) is 7. The molecule has 33 rings (SSSR count). The van der Waals surface area contributed by atoms with Gasteiger partial charge in [0.2, 0.25) is 0 Å². The lowest BCUT2D eigenvalue weighted by atomic mass is 9.50. The van der Waals surface area contributed by atoms with E-state index in [1.54, 1.807) is 296 Å². The van der Waals surface area contributed by atoms with Gasteiger partial charge < -0.3 is 44.6 Å². The number of hydrogen-bond donors (Lipinski definition) is 2. The van der Waals surface area contributed by atoms with Crippen LogP contribution in [0.5, 0.6) is 0 Å². The molecule has 91 heavy (non-hydrogen) atoms. The van der Waals surface area contributed by atoms with Crippen LogP contribution in [0.1, 0.15) is 35.1 Å². The largest absolute Gasteiger partial charge is 0.542 e. The molecule has 0 bridgehead atoms. The van der Waals surface area contributed by atoms with E-state index < -0.39 is 24.3 Å². The monoisotopic (exact) mass is 1190 g/mol. The average molecular weight is 1200 g/mol. The number of likely N-dealkylation sites (tertiary alicyclic amines) is 1. The maximum absolute atomic E-state index is 10.5. The molecule has 0 amide bonds. The first-order valence-electron chi connectivity index (χ1n) is 32.0. The number of carboxylic acids is 2. The third-order valence-electron chi connectivity index (χ3n) is 27.3. The summed E-state index contributed by atoms with van der Waals surface area (Å²) in [5.41, 5.74) is 10.9. The number of carbonyl (C=O) groups excluding carboxylic acids is 2. The van der Waals surface area contributed by atoms with Crippen molar-refractivity contribution in [1.82, 2.24) is 0 Å². The molecule has 9 nitrogen and oxygen atoms in total. The van der Waals surface area contributed by atoms with E-state index >= 15 is 0 Å². The lowest BCUT2D eigenvalue weighted by Gasteiger charge is -2.47. The molecule has 0 radical (unpaired) electrons. The van der Waals surface area contributed by atoms with E-state index in [1.165, 1.54) is 13.1 Å². The number of halogens is 6. The third-order valence-corrected chi connectivity index (χ3v) is 27.3. The van der Waals surface area contributed by atoms with Crippen molar-refractivity contribution >= 4 is 303 Å². The molecule has 28 aromatic rings. The zero-order chi connectivity index (χ0) is 58.8. The molecule has 0 saturated carbocycles. The van der Waals surface area contributed by atoms with Gasteiger partial charge in [-0.1, -0.05) is 0 Å². The molecule has 28 aromatic carbocycles. The fourth-order valence-electron chi connectivity index (χ4n) is 26.4.